The van der Waals surface area contributed by atoms with Crippen LogP contribution in [0, 0.1) is 6.92 Å². The van der Waals surface area contributed by atoms with Gasteiger partial charge in [0.05, 0.1) is 12.0 Å². The SMILES string of the molecule is COc1ccc(OC(=O)c2cc(S(=O)(=O)N3CCCC3)c(C)s2)cc1. The number of carbonyl (C=O) groups excluding carboxylic acids is 1. The van der Waals surface area contributed by atoms with E-state index < -0.39 is 16.0 Å². The first-order chi connectivity index (χ1) is 11.9. The van der Waals surface area contributed by atoms with Gasteiger partial charge in [-0.15, -0.1) is 11.3 Å². The van der Waals surface area contributed by atoms with E-state index in [2.05, 4.69) is 0 Å². The summed E-state index contributed by atoms with van der Waals surface area (Å²) in [6.45, 7) is 2.77. The second-order valence-electron chi connectivity index (χ2n) is 5.71. The molecule has 6 nitrogen and oxygen atoms in total. The second-order valence-corrected chi connectivity index (χ2v) is 8.87. The van der Waals surface area contributed by atoms with Crippen molar-refractivity contribution in [2.24, 2.45) is 0 Å². The Kier molecular flexibility index (Phi) is 5.12. The molecule has 1 saturated heterocycles. The molecule has 0 radical (unpaired) electrons. The van der Waals surface area contributed by atoms with Crippen molar-refractivity contribution in [1.29, 1.82) is 0 Å². The smallest absolute Gasteiger partial charge is 0.353 e. The second kappa shape index (κ2) is 7.15. The van der Waals surface area contributed by atoms with Crippen LogP contribution in [0.1, 0.15) is 27.4 Å². The van der Waals surface area contributed by atoms with Gasteiger partial charge in [-0.05, 0) is 50.1 Å². The largest absolute Gasteiger partial charge is 0.497 e. The summed E-state index contributed by atoms with van der Waals surface area (Å²) >= 11 is 1.13. The predicted octanol–water partition coefficient (Wildman–Crippen LogP) is 3.07. The molecule has 1 aliphatic rings. The third kappa shape index (κ3) is 3.70. The molecule has 0 spiro atoms. The molecular formula is C17H19NO5S2. The third-order valence-electron chi connectivity index (χ3n) is 4.03. The van der Waals surface area contributed by atoms with Gasteiger partial charge in [-0.3, -0.25) is 0 Å². The summed E-state index contributed by atoms with van der Waals surface area (Å²) < 4.78 is 37.2. The molecule has 1 aliphatic heterocycles. The van der Waals surface area contributed by atoms with Gasteiger partial charge in [0.15, 0.2) is 0 Å². The van der Waals surface area contributed by atoms with Crippen molar-refractivity contribution in [1.82, 2.24) is 4.31 Å². The maximum Gasteiger partial charge on any atom is 0.353 e. The highest BCUT2D eigenvalue weighted by atomic mass is 32.2. The Hall–Kier alpha value is -1.90. The van der Waals surface area contributed by atoms with Crippen molar-refractivity contribution in [3.8, 4) is 11.5 Å². The molecule has 25 heavy (non-hydrogen) atoms. The van der Waals surface area contributed by atoms with Crippen molar-refractivity contribution in [3.05, 3.63) is 40.1 Å². The first-order valence-corrected chi connectivity index (χ1v) is 10.1. The van der Waals surface area contributed by atoms with Gasteiger partial charge in [-0.2, -0.15) is 4.31 Å². The number of benzene rings is 1. The molecule has 0 unspecified atom stereocenters. The summed E-state index contributed by atoms with van der Waals surface area (Å²) in [4.78, 5) is 13.4. The predicted molar refractivity (Wildman–Crippen MR) is 95.0 cm³/mol. The summed E-state index contributed by atoms with van der Waals surface area (Å²) in [6.07, 6.45) is 1.74. The van der Waals surface area contributed by atoms with Crippen LogP contribution in [-0.4, -0.2) is 38.9 Å². The number of methoxy groups -OCH3 is 1. The Bertz CT molecular complexity index is 865. The van der Waals surface area contributed by atoms with Crippen LogP contribution in [0.5, 0.6) is 11.5 Å². The molecule has 0 aliphatic carbocycles. The lowest BCUT2D eigenvalue weighted by molar-refractivity contribution is 0.0739. The Balaban J connectivity index is 1.80. The zero-order chi connectivity index (χ0) is 18.0. The molecule has 0 amide bonds. The first-order valence-electron chi connectivity index (χ1n) is 7.88. The minimum absolute atomic E-state index is 0.195. The van der Waals surface area contributed by atoms with E-state index in [1.165, 1.54) is 10.4 Å². The normalized spacial score (nSPS) is 15.3. The molecular weight excluding hydrogens is 362 g/mol. The number of aryl methyl sites for hydroxylation is 1. The van der Waals surface area contributed by atoms with Crippen LogP contribution in [0.4, 0.5) is 0 Å². The monoisotopic (exact) mass is 381 g/mol. The lowest BCUT2D eigenvalue weighted by atomic mass is 10.3. The summed E-state index contributed by atoms with van der Waals surface area (Å²) in [7, 11) is -1.99. The zero-order valence-corrected chi connectivity index (χ0v) is 15.7. The van der Waals surface area contributed by atoms with E-state index in [-0.39, 0.29) is 9.77 Å². The van der Waals surface area contributed by atoms with Crippen molar-refractivity contribution in [3.63, 3.8) is 0 Å². The number of thiophene rings is 1. The zero-order valence-electron chi connectivity index (χ0n) is 14.0. The van der Waals surface area contributed by atoms with Gasteiger partial charge in [0, 0.05) is 18.0 Å². The number of rotatable bonds is 5. The Morgan fingerprint density at radius 1 is 1.12 bits per heavy atom. The molecule has 0 N–H and O–H groups in total. The van der Waals surface area contributed by atoms with Crippen LogP contribution >= 0.6 is 11.3 Å². The summed E-state index contributed by atoms with van der Waals surface area (Å²) in [5.74, 6) is 0.465. The molecule has 2 aromatic rings. The molecule has 1 aromatic heterocycles. The fraction of sp³-hybridized carbons (Fsp3) is 0.353. The standard InChI is InChI=1S/C17H19NO5S2/c1-12-16(25(20,21)18-9-3-4-10-18)11-15(24-12)17(19)23-14-7-5-13(22-2)6-8-14/h5-8,11H,3-4,9-10H2,1-2H3. The molecule has 134 valence electrons. The summed E-state index contributed by atoms with van der Waals surface area (Å²) in [6, 6.07) is 8.04. The highest BCUT2D eigenvalue weighted by Crippen LogP contribution is 2.30. The number of sulfonamides is 1. The van der Waals surface area contributed by atoms with Crippen LogP contribution in [0.3, 0.4) is 0 Å². The van der Waals surface area contributed by atoms with Crippen LogP contribution in [0.25, 0.3) is 0 Å². The molecule has 0 saturated carbocycles. The minimum Gasteiger partial charge on any atom is -0.497 e. The molecule has 0 atom stereocenters. The number of hydrogen-bond acceptors (Lipinski definition) is 6. The van der Waals surface area contributed by atoms with Crippen molar-refractivity contribution in [2.45, 2.75) is 24.7 Å². The quantitative estimate of drug-likeness (QED) is 0.588. The van der Waals surface area contributed by atoms with Gasteiger partial charge in [0.25, 0.3) is 0 Å². The van der Waals surface area contributed by atoms with Gasteiger partial charge >= 0.3 is 5.97 Å². The van der Waals surface area contributed by atoms with Crippen LogP contribution in [-0.2, 0) is 10.0 Å². The number of esters is 1. The van der Waals surface area contributed by atoms with Gasteiger partial charge in [0.1, 0.15) is 16.4 Å². The first kappa shape index (κ1) is 17.9. The highest BCUT2D eigenvalue weighted by Gasteiger charge is 2.31. The molecule has 1 aromatic carbocycles. The Morgan fingerprint density at radius 2 is 1.72 bits per heavy atom. The van der Waals surface area contributed by atoms with E-state index in [1.807, 2.05) is 0 Å². The van der Waals surface area contributed by atoms with Crippen molar-refractivity contribution < 1.29 is 22.7 Å². The van der Waals surface area contributed by atoms with E-state index in [0.717, 1.165) is 24.2 Å². The molecule has 1 fully saturated rings. The lowest BCUT2D eigenvalue weighted by Crippen LogP contribution is -2.28. The van der Waals surface area contributed by atoms with Gasteiger partial charge in [-0.1, -0.05) is 0 Å². The average molecular weight is 381 g/mol. The fourth-order valence-corrected chi connectivity index (χ4v) is 5.64. The van der Waals surface area contributed by atoms with E-state index in [0.29, 0.717) is 29.5 Å². The van der Waals surface area contributed by atoms with E-state index in [4.69, 9.17) is 9.47 Å². The van der Waals surface area contributed by atoms with Gasteiger partial charge in [0.2, 0.25) is 10.0 Å². The van der Waals surface area contributed by atoms with Crippen LogP contribution in [0.2, 0.25) is 0 Å². The topological polar surface area (TPSA) is 72.9 Å². The minimum atomic E-state index is -3.54. The summed E-state index contributed by atoms with van der Waals surface area (Å²) in [5, 5.41) is 0. The molecule has 2 heterocycles. The van der Waals surface area contributed by atoms with E-state index in [9.17, 15) is 13.2 Å². The van der Waals surface area contributed by atoms with Gasteiger partial charge in [-0.25, -0.2) is 13.2 Å². The van der Waals surface area contributed by atoms with E-state index in [1.54, 1.807) is 38.3 Å². The molecule has 3 rings (SSSR count). The third-order valence-corrected chi connectivity index (χ3v) is 7.21. The molecule has 0 bridgehead atoms. The van der Waals surface area contributed by atoms with Crippen molar-refractivity contribution >= 4 is 27.3 Å². The maximum absolute atomic E-state index is 12.7. The Labute approximate surface area is 151 Å². The number of hydrogen-bond donors (Lipinski definition) is 0. The van der Waals surface area contributed by atoms with Crippen LogP contribution in [0.15, 0.2) is 35.2 Å². The van der Waals surface area contributed by atoms with Gasteiger partial charge < -0.3 is 9.47 Å². The average Bonchev–Trinajstić information content (AvgIpc) is 3.25. The number of nitrogens with zero attached hydrogens (tertiary/aromatic N) is 1. The fourth-order valence-electron chi connectivity index (χ4n) is 2.69. The molecule has 8 heteroatoms. The van der Waals surface area contributed by atoms with Crippen molar-refractivity contribution in [2.75, 3.05) is 20.2 Å². The highest BCUT2D eigenvalue weighted by molar-refractivity contribution is 7.89. The Morgan fingerprint density at radius 3 is 2.32 bits per heavy atom. The summed E-state index contributed by atoms with van der Waals surface area (Å²) in [5.41, 5.74) is 0. The van der Waals surface area contributed by atoms with E-state index >= 15 is 0 Å². The lowest BCUT2D eigenvalue weighted by Gasteiger charge is -2.14. The maximum atomic E-state index is 12.7. The number of carbonyl (C=O) groups is 1. The number of ether oxygens (including phenoxy) is 2. The van der Waals surface area contributed by atoms with Crippen LogP contribution < -0.4 is 9.47 Å².